The Kier molecular flexibility index (Phi) is 1.96. The molecule has 0 aliphatic heterocycles. The molecular formula is C10H11N3O. The Morgan fingerprint density at radius 3 is 2.79 bits per heavy atom. The number of aromatic amines is 2. The van der Waals surface area contributed by atoms with Gasteiger partial charge in [0.2, 0.25) is 0 Å². The Hall–Kier alpha value is -1.84. The number of aromatic nitrogens is 3. The molecule has 4 heteroatoms. The summed E-state index contributed by atoms with van der Waals surface area (Å²) in [6, 6.07) is 0. The van der Waals surface area contributed by atoms with Crippen LogP contribution >= 0.6 is 0 Å². The van der Waals surface area contributed by atoms with E-state index in [-0.39, 0.29) is 5.56 Å². The van der Waals surface area contributed by atoms with Crippen molar-refractivity contribution in [3.05, 3.63) is 27.2 Å². The van der Waals surface area contributed by atoms with Gasteiger partial charge in [-0.3, -0.25) is 4.79 Å². The van der Waals surface area contributed by atoms with Crippen molar-refractivity contribution >= 4 is 23.2 Å². The van der Waals surface area contributed by atoms with Gasteiger partial charge in [0.25, 0.3) is 5.56 Å². The number of nitrogens with one attached hydrogen (secondary N) is 2. The second-order valence-corrected chi connectivity index (χ2v) is 2.98. The van der Waals surface area contributed by atoms with Gasteiger partial charge in [0.1, 0.15) is 5.65 Å². The van der Waals surface area contributed by atoms with Crippen molar-refractivity contribution in [1.29, 1.82) is 0 Å². The molecule has 0 atom stereocenters. The summed E-state index contributed by atoms with van der Waals surface area (Å²) in [7, 11) is 0. The molecule has 0 radical (unpaired) electrons. The largest absolute Gasteiger partial charge is 0.339 e. The van der Waals surface area contributed by atoms with E-state index in [1.54, 1.807) is 0 Å². The van der Waals surface area contributed by atoms with Gasteiger partial charge in [-0.05, 0) is 13.8 Å². The molecule has 0 aromatic carbocycles. The zero-order valence-corrected chi connectivity index (χ0v) is 8.09. The van der Waals surface area contributed by atoms with Crippen LogP contribution in [0, 0.1) is 0 Å². The van der Waals surface area contributed by atoms with Crippen LogP contribution in [0.1, 0.15) is 13.8 Å². The molecule has 0 amide bonds. The average molecular weight is 189 g/mol. The number of rotatable bonds is 0. The predicted octanol–water partition coefficient (Wildman–Crippen LogP) is -0.148. The van der Waals surface area contributed by atoms with Crippen LogP contribution < -0.4 is 16.1 Å². The van der Waals surface area contributed by atoms with Gasteiger partial charge in [-0.15, -0.1) is 0 Å². The summed E-state index contributed by atoms with van der Waals surface area (Å²) in [4.78, 5) is 21.3. The summed E-state index contributed by atoms with van der Waals surface area (Å²) in [6.07, 6.45) is 5.24. The molecule has 2 aromatic heterocycles. The van der Waals surface area contributed by atoms with Crippen LogP contribution in [0.4, 0.5) is 0 Å². The highest BCUT2D eigenvalue weighted by atomic mass is 16.1. The molecule has 0 aliphatic rings. The first-order chi connectivity index (χ1) is 6.77. The lowest BCUT2D eigenvalue weighted by Crippen LogP contribution is -2.24. The maximum Gasteiger partial charge on any atom is 0.260 e. The number of hydrogen-bond donors (Lipinski definition) is 2. The molecule has 0 saturated heterocycles. The average Bonchev–Trinajstić information content (AvgIpc) is 2.56. The SMILES string of the molecule is CC=c1[nH]c2nc[nH]c(=O)c2c1=CC. The monoisotopic (exact) mass is 189 g/mol. The minimum absolute atomic E-state index is 0.104. The summed E-state index contributed by atoms with van der Waals surface area (Å²) < 4.78 is 0. The van der Waals surface area contributed by atoms with Gasteiger partial charge in [-0.25, -0.2) is 4.98 Å². The minimum Gasteiger partial charge on any atom is -0.339 e. The Bertz CT molecular complexity index is 633. The molecule has 0 fully saturated rings. The first-order valence-corrected chi connectivity index (χ1v) is 4.46. The Balaban J connectivity index is 3.22. The lowest BCUT2D eigenvalue weighted by Gasteiger charge is -1.84. The molecule has 0 saturated carbocycles. The van der Waals surface area contributed by atoms with Crippen molar-refractivity contribution < 1.29 is 0 Å². The lowest BCUT2D eigenvalue weighted by molar-refractivity contribution is 1.15. The second-order valence-electron chi connectivity index (χ2n) is 2.98. The third kappa shape index (κ3) is 1.08. The topological polar surface area (TPSA) is 61.5 Å². The third-order valence-corrected chi connectivity index (χ3v) is 2.24. The van der Waals surface area contributed by atoms with Crippen molar-refractivity contribution in [3.63, 3.8) is 0 Å². The fourth-order valence-corrected chi connectivity index (χ4v) is 1.60. The quantitative estimate of drug-likeness (QED) is 0.605. The maximum absolute atomic E-state index is 11.5. The van der Waals surface area contributed by atoms with Gasteiger partial charge in [-0.1, -0.05) is 12.2 Å². The Morgan fingerprint density at radius 1 is 1.36 bits per heavy atom. The van der Waals surface area contributed by atoms with E-state index in [2.05, 4.69) is 15.0 Å². The van der Waals surface area contributed by atoms with Gasteiger partial charge in [-0.2, -0.15) is 0 Å². The first kappa shape index (κ1) is 8.74. The lowest BCUT2D eigenvalue weighted by atomic mass is 10.3. The normalized spacial score (nSPS) is 14.1. The highest BCUT2D eigenvalue weighted by Crippen LogP contribution is 1.91. The van der Waals surface area contributed by atoms with E-state index in [1.807, 2.05) is 26.0 Å². The van der Waals surface area contributed by atoms with Crippen LogP contribution in [-0.4, -0.2) is 15.0 Å². The van der Waals surface area contributed by atoms with E-state index < -0.39 is 0 Å². The summed E-state index contributed by atoms with van der Waals surface area (Å²) in [6.45, 7) is 3.83. The van der Waals surface area contributed by atoms with Crippen molar-refractivity contribution in [2.75, 3.05) is 0 Å². The number of hydrogen-bond acceptors (Lipinski definition) is 2. The summed E-state index contributed by atoms with van der Waals surface area (Å²) in [5.74, 6) is 0. The molecule has 0 bridgehead atoms. The molecule has 0 unspecified atom stereocenters. The van der Waals surface area contributed by atoms with Gasteiger partial charge < -0.3 is 9.97 Å². The van der Waals surface area contributed by atoms with Crippen LogP contribution in [0.5, 0.6) is 0 Å². The van der Waals surface area contributed by atoms with E-state index in [0.29, 0.717) is 11.0 Å². The third-order valence-electron chi connectivity index (χ3n) is 2.24. The molecule has 14 heavy (non-hydrogen) atoms. The predicted molar refractivity (Wildman–Crippen MR) is 56.2 cm³/mol. The van der Waals surface area contributed by atoms with E-state index >= 15 is 0 Å². The van der Waals surface area contributed by atoms with Crippen LogP contribution in [-0.2, 0) is 0 Å². The van der Waals surface area contributed by atoms with Crippen LogP contribution in [0.25, 0.3) is 23.2 Å². The van der Waals surface area contributed by atoms with Crippen molar-refractivity contribution in [2.24, 2.45) is 0 Å². The fourth-order valence-electron chi connectivity index (χ4n) is 1.60. The smallest absolute Gasteiger partial charge is 0.260 e. The van der Waals surface area contributed by atoms with Crippen LogP contribution in [0.3, 0.4) is 0 Å². The molecule has 2 aromatic rings. The number of nitrogens with zero attached hydrogens (tertiary/aromatic N) is 1. The molecule has 4 nitrogen and oxygen atoms in total. The summed E-state index contributed by atoms with van der Waals surface area (Å²) in [5, 5.41) is 2.48. The molecular weight excluding hydrogens is 178 g/mol. The first-order valence-electron chi connectivity index (χ1n) is 4.46. The Labute approximate surface area is 80.0 Å². The van der Waals surface area contributed by atoms with E-state index in [4.69, 9.17) is 0 Å². The highest BCUT2D eigenvalue weighted by Gasteiger charge is 2.03. The maximum atomic E-state index is 11.5. The molecule has 72 valence electrons. The number of fused-ring (bicyclic) bond motifs is 1. The van der Waals surface area contributed by atoms with E-state index in [9.17, 15) is 4.79 Å². The molecule has 0 spiro atoms. The molecule has 2 heterocycles. The molecule has 0 aliphatic carbocycles. The van der Waals surface area contributed by atoms with Crippen molar-refractivity contribution in [2.45, 2.75) is 13.8 Å². The van der Waals surface area contributed by atoms with Crippen molar-refractivity contribution in [3.8, 4) is 0 Å². The molecule has 2 rings (SSSR count). The van der Waals surface area contributed by atoms with Gasteiger partial charge in [0.05, 0.1) is 11.7 Å². The minimum atomic E-state index is -0.104. The fraction of sp³-hybridized carbons (Fsp3) is 0.200. The molecule has 2 N–H and O–H groups in total. The zero-order valence-electron chi connectivity index (χ0n) is 8.09. The van der Waals surface area contributed by atoms with Gasteiger partial charge in [0, 0.05) is 10.6 Å². The van der Waals surface area contributed by atoms with E-state index in [0.717, 1.165) is 10.6 Å². The summed E-state index contributed by atoms with van der Waals surface area (Å²) in [5.41, 5.74) is 0.530. The van der Waals surface area contributed by atoms with Crippen LogP contribution in [0.15, 0.2) is 11.1 Å². The van der Waals surface area contributed by atoms with Gasteiger partial charge >= 0.3 is 0 Å². The standard InChI is InChI=1S/C10H11N3O/c1-3-6-7(4-2)13-9-8(6)10(14)12-5-11-9/h3-5H,1-2H3,(H2,11,12,13,14). The highest BCUT2D eigenvalue weighted by molar-refractivity contribution is 5.76. The van der Waals surface area contributed by atoms with Gasteiger partial charge in [0.15, 0.2) is 0 Å². The zero-order chi connectivity index (χ0) is 10.1. The van der Waals surface area contributed by atoms with E-state index in [1.165, 1.54) is 6.33 Å². The number of H-pyrrole nitrogens is 2. The second kappa shape index (κ2) is 3.14. The van der Waals surface area contributed by atoms with Crippen LogP contribution in [0.2, 0.25) is 0 Å². The summed E-state index contributed by atoms with van der Waals surface area (Å²) >= 11 is 0. The Morgan fingerprint density at radius 2 is 2.14 bits per heavy atom. The van der Waals surface area contributed by atoms with Crippen molar-refractivity contribution in [1.82, 2.24) is 15.0 Å².